The zero-order valence-electron chi connectivity index (χ0n) is 13.8. The lowest BCUT2D eigenvalue weighted by Gasteiger charge is -2.16. The smallest absolute Gasteiger partial charge is 0.244 e. The molecule has 8 heteroatoms. The minimum atomic E-state index is -3.50. The molecule has 3 N–H and O–H groups in total. The van der Waals surface area contributed by atoms with E-state index < -0.39 is 10.0 Å². The van der Waals surface area contributed by atoms with Crippen LogP contribution in [0, 0.1) is 25.7 Å². The largest absolute Gasteiger partial charge is 0.326 e. The average molecular weight is 367 g/mol. The summed E-state index contributed by atoms with van der Waals surface area (Å²) < 4.78 is 27.8. The van der Waals surface area contributed by atoms with Gasteiger partial charge in [-0.15, -0.1) is 11.3 Å². The molecule has 4 rings (SSSR count). The van der Waals surface area contributed by atoms with E-state index in [4.69, 9.17) is 5.73 Å². The lowest BCUT2D eigenvalue weighted by molar-refractivity contribution is 0.428. The topological polar surface area (TPSA) is 92.1 Å². The second-order valence-corrected chi connectivity index (χ2v) is 10.1. The first-order valence-electron chi connectivity index (χ1n) is 8.25. The highest BCUT2D eigenvalue weighted by molar-refractivity contribution is 7.89. The Morgan fingerprint density at radius 2 is 2.04 bits per heavy atom. The standard InChI is InChI=1S/C16H22N4O2S2/c1-9-5-14(19-18-9)15-6-16(10(2)23-15)24(21,22)20-7-12(11-3-4-11)13(17)8-20/h5-6,11-13H,3-4,7-8,17H2,1-2H3,(H,18,19)/t12-,13+/m1/s1. The number of sulfonamides is 1. The van der Waals surface area contributed by atoms with Gasteiger partial charge in [-0.3, -0.25) is 5.10 Å². The molecule has 130 valence electrons. The second kappa shape index (κ2) is 5.66. The van der Waals surface area contributed by atoms with Crippen LogP contribution in [0.4, 0.5) is 0 Å². The summed E-state index contributed by atoms with van der Waals surface area (Å²) in [5, 5.41) is 7.13. The van der Waals surface area contributed by atoms with Gasteiger partial charge in [-0.1, -0.05) is 0 Å². The predicted octanol–water partition coefficient (Wildman–Crippen LogP) is 2.11. The Balaban J connectivity index is 1.64. The normalized spacial score (nSPS) is 25.5. The predicted molar refractivity (Wildman–Crippen MR) is 94.3 cm³/mol. The zero-order valence-corrected chi connectivity index (χ0v) is 15.5. The van der Waals surface area contributed by atoms with Crippen molar-refractivity contribution in [1.82, 2.24) is 14.5 Å². The Morgan fingerprint density at radius 1 is 1.29 bits per heavy atom. The lowest BCUT2D eigenvalue weighted by atomic mass is 9.99. The minimum Gasteiger partial charge on any atom is -0.326 e. The molecular formula is C16H22N4O2S2. The molecule has 0 aromatic carbocycles. The molecule has 1 saturated heterocycles. The number of hydrogen-bond donors (Lipinski definition) is 2. The van der Waals surface area contributed by atoms with Crippen molar-refractivity contribution in [2.75, 3.05) is 13.1 Å². The van der Waals surface area contributed by atoms with E-state index in [0.717, 1.165) is 21.1 Å². The number of nitrogens with two attached hydrogens (primary N) is 1. The van der Waals surface area contributed by atoms with Crippen LogP contribution in [0.15, 0.2) is 17.0 Å². The van der Waals surface area contributed by atoms with Gasteiger partial charge in [-0.2, -0.15) is 9.40 Å². The van der Waals surface area contributed by atoms with Gasteiger partial charge in [-0.05, 0) is 50.7 Å². The molecule has 2 aromatic rings. The van der Waals surface area contributed by atoms with Crippen LogP contribution in [-0.4, -0.2) is 42.1 Å². The minimum absolute atomic E-state index is 0.0420. The molecule has 1 aliphatic heterocycles. The quantitative estimate of drug-likeness (QED) is 0.867. The fourth-order valence-electron chi connectivity index (χ4n) is 3.57. The maximum absolute atomic E-state index is 13.1. The molecule has 0 radical (unpaired) electrons. The molecule has 1 aliphatic carbocycles. The van der Waals surface area contributed by atoms with Crippen molar-refractivity contribution < 1.29 is 8.42 Å². The number of aromatic amines is 1. The number of hydrogen-bond acceptors (Lipinski definition) is 5. The van der Waals surface area contributed by atoms with Gasteiger partial charge in [0.15, 0.2) is 0 Å². The maximum Gasteiger partial charge on any atom is 0.244 e. The van der Waals surface area contributed by atoms with Gasteiger partial charge in [0.2, 0.25) is 10.0 Å². The van der Waals surface area contributed by atoms with Crippen molar-refractivity contribution in [3.63, 3.8) is 0 Å². The van der Waals surface area contributed by atoms with E-state index in [0.29, 0.717) is 29.8 Å². The number of nitrogens with one attached hydrogen (secondary N) is 1. The van der Waals surface area contributed by atoms with Crippen LogP contribution in [0.5, 0.6) is 0 Å². The fraction of sp³-hybridized carbons (Fsp3) is 0.562. The Kier molecular flexibility index (Phi) is 3.83. The third-order valence-electron chi connectivity index (χ3n) is 5.05. The fourth-order valence-corrected chi connectivity index (χ4v) is 6.60. The van der Waals surface area contributed by atoms with Gasteiger partial charge in [0.05, 0.1) is 9.77 Å². The summed E-state index contributed by atoms with van der Waals surface area (Å²) in [6, 6.07) is 3.64. The average Bonchev–Trinajstić information content (AvgIpc) is 2.93. The molecule has 3 heterocycles. The molecule has 1 saturated carbocycles. The molecule has 0 spiro atoms. The highest BCUT2D eigenvalue weighted by Gasteiger charge is 2.45. The number of aromatic nitrogens is 2. The van der Waals surface area contributed by atoms with Crippen molar-refractivity contribution in [2.24, 2.45) is 17.6 Å². The van der Waals surface area contributed by atoms with E-state index in [9.17, 15) is 8.42 Å². The van der Waals surface area contributed by atoms with Crippen molar-refractivity contribution in [1.29, 1.82) is 0 Å². The van der Waals surface area contributed by atoms with Crippen LogP contribution in [0.1, 0.15) is 23.4 Å². The number of rotatable bonds is 4. The SMILES string of the molecule is Cc1cc(-c2cc(S(=O)(=O)N3C[C@H](C4CC4)[C@@H](N)C3)c(C)s2)n[nH]1. The van der Waals surface area contributed by atoms with Crippen LogP contribution >= 0.6 is 11.3 Å². The van der Waals surface area contributed by atoms with Crippen molar-refractivity contribution in [3.05, 3.63) is 22.7 Å². The first-order chi connectivity index (χ1) is 11.4. The second-order valence-electron chi connectivity index (χ2n) is 6.95. The van der Waals surface area contributed by atoms with E-state index in [1.807, 2.05) is 19.9 Å². The van der Waals surface area contributed by atoms with Gasteiger partial charge >= 0.3 is 0 Å². The molecule has 0 bridgehead atoms. The first kappa shape index (κ1) is 16.3. The summed E-state index contributed by atoms with van der Waals surface area (Å²) in [7, 11) is -3.50. The van der Waals surface area contributed by atoms with E-state index in [2.05, 4.69) is 10.2 Å². The van der Waals surface area contributed by atoms with Gasteiger partial charge in [0, 0.05) is 29.7 Å². The van der Waals surface area contributed by atoms with Crippen LogP contribution in [-0.2, 0) is 10.0 Å². The number of aryl methyl sites for hydroxylation is 2. The third kappa shape index (κ3) is 2.71. The van der Waals surface area contributed by atoms with Gasteiger partial charge in [-0.25, -0.2) is 8.42 Å². The van der Waals surface area contributed by atoms with E-state index in [-0.39, 0.29) is 6.04 Å². The van der Waals surface area contributed by atoms with Crippen molar-refractivity contribution >= 4 is 21.4 Å². The Bertz CT molecular complexity index is 867. The summed E-state index contributed by atoms with van der Waals surface area (Å²) >= 11 is 1.47. The van der Waals surface area contributed by atoms with Crippen LogP contribution < -0.4 is 5.73 Å². The molecule has 6 nitrogen and oxygen atoms in total. The Morgan fingerprint density at radius 3 is 2.67 bits per heavy atom. The van der Waals surface area contributed by atoms with E-state index in [1.165, 1.54) is 24.2 Å². The molecule has 2 fully saturated rings. The monoisotopic (exact) mass is 366 g/mol. The third-order valence-corrected chi connectivity index (χ3v) is 8.21. The molecule has 24 heavy (non-hydrogen) atoms. The Hall–Kier alpha value is -1.22. The van der Waals surface area contributed by atoms with Crippen LogP contribution in [0.25, 0.3) is 10.6 Å². The summed E-state index contributed by atoms with van der Waals surface area (Å²) in [6.07, 6.45) is 2.37. The molecule has 2 atom stereocenters. The summed E-state index contributed by atoms with van der Waals surface area (Å²) in [5.41, 5.74) is 7.95. The summed E-state index contributed by atoms with van der Waals surface area (Å²) in [4.78, 5) is 2.07. The molecule has 2 aliphatic rings. The number of H-pyrrole nitrogens is 1. The van der Waals surface area contributed by atoms with Gasteiger partial charge < -0.3 is 5.73 Å². The van der Waals surface area contributed by atoms with E-state index in [1.54, 1.807) is 10.4 Å². The highest BCUT2D eigenvalue weighted by atomic mass is 32.2. The molecule has 0 unspecified atom stereocenters. The molecule has 0 amide bonds. The number of thiophene rings is 1. The lowest BCUT2D eigenvalue weighted by Crippen LogP contribution is -2.32. The van der Waals surface area contributed by atoms with Gasteiger partial charge in [0.25, 0.3) is 0 Å². The maximum atomic E-state index is 13.1. The van der Waals surface area contributed by atoms with Gasteiger partial charge in [0.1, 0.15) is 5.69 Å². The van der Waals surface area contributed by atoms with Crippen molar-refractivity contribution in [3.8, 4) is 10.6 Å². The summed E-state index contributed by atoms with van der Waals surface area (Å²) in [6.45, 7) is 4.77. The molecule has 2 aromatic heterocycles. The van der Waals surface area contributed by atoms with Crippen LogP contribution in [0.2, 0.25) is 0 Å². The van der Waals surface area contributed by atoms with Crippen molar-refractivity contribution in [2.45, 2.75) is 37.6 Å². The van der Waals surface area contributed by atoms with E-state index >= 15 is 0 Å². The molecular weight excluding hydrogens is 344 g/mol. The zero-order chi connectivity index (χ0) is 17.1. The van der Waals surface area contributed by atoms with Crippen LogP contribution in [0.3, 0.4) is 0 Å². The number of nitrogens with zero attached hydrogens (tertiary/aromatic N) is 2. The Labute approximate surface area is 146 Å². The summed E-state index contributed by atoms with van der Waals surface area (Å²) in [5.74, 6) is 0.929. The highest BCUT2D eigenvalue weighted by Crippen LogP contribution is 2.43. The first-order valence-corrected chi connectivity index (χ1v) is 10.5.